The number of ether oxygens (including phenoxy) is 1. The highest BCUT2D eigenvalue weighted by molar-refractivity contribution is 5.84. The standard InChI is InChI=1S/C21H32O2/c1-13(2)16-8-9-21(4)11-18-15(12-23-5)6-7-17(18)14(3)20(22)10-19(16)21/h13-14,17H,6-12H2,1-5H3. The lowest BCUT2D eigenvalue weighted by Crippen LogP contribution is -2.30. The smallest absolute Gasteiger partial charge is 0.140 e. The second-order valence-electron chi connectivity index (χ2n) is 8.53. The summed E-state index contributed by atoms with van der Waals surface area (Å²) in [6.45, 7) is 9.89. The molecule has 1 saturated carbocycles. The molecule has 3 unspecified atom stereocenters. The van der Waals surface area contributed by atoms with Crippen LogP contribution in [0.2, 0.25) is 0 Å². The highest BCUT2D eigenvalue weighted by Crippen LogP contribution is 2.55. The van der Waals surface area contributed by atoms with Gasteiger partial charge in [-0.2, -0.15) is 0 Å². The third-order valence-electron chi connectivity index (χ3n) is 6.78. The zero-order valence-electron chi connectivity index (χ0n) is 15.5. The van der Waals surface area contributed by atoms with Crippen LogP contribution in [0.4, 0.5) is 0 Å². The molecule has 0 saturated heterocycles. The Bertz CT molecular complexity index is 566. The van der Waals surface area contributed by atoms with E-state index >= 15 is 0 Å². The molecule has 1 fully saturated rings. The van der Waals surface area contributed by atoms with Gasteiger partial charge in [-0.05, 0) is 54.9 Å². The summed E-state index contributed by atoms with van der Waals surface area (Å²) in [5, 5.41) is 0. The minimum atomic E-state index is 0.172. The maximum atomic E-state index is 12.9. The lowest BCUT2D eigenvalue weighted by atomic mass is 9.67. The van der Waals surface area contributed by atoms with Gasteiger partial charge in [-0.1, -0.05) is 44.4 Å². The Kier molecular flexibility index (Phi) is 4.57. The van der Waals surface area contributed by atoms with Gasteiger partial charge in [-0.3, -0.25) is 4.79 Å². The summed E-state index contributed by atoms with van der Waals surface area (Å²) in [5.74, 6) is 1.67. The molecule has 0 amide bonds. The van der Waals surface area contributed by atoms with Gasteiger partial charge in [-0.25, -0.2) is 0 Å². The van der Waals surface area contributed by atoms with Crippen molar-refractivity contribution in [2.24, 2.45) is 23.2 Å². The fourth-order valence-corrected chi connectivity index (χ4v) is 5.31. The minimum Gasteiger partial charge on any atom is -0.380 e. The van der Waals surface area contributed by atoms with E-state index < -0.39 is 0 Å². The van der Waals surface area contributed by atoms with E-state index in [4.69, 9.17) is 4.74 Å². The average Bonchev–Trinajstić information content (AvgIpc) is 3.01. The highest BCUT2D eigenvalue weighted by atomic mass is 16.5. The highest BCUT2D eigenvalue weighted by Gasteiger charge is 2.45. The summed E-state index contributed by atoms with van der Waals surface area (Å²) in [5.41, 5.74) is 6.30. The van der Waals surface area contributed by atoms with E-state index in [0.29, 0.717) is 24.0 Å². The van der Waals surface area contributed by atoms with Crippen LogP contribution in [0.25, 0.3) is 0 Å². The zero-order chi connectivity index (χ0) is 16.8. The third kappa shape index (κ3) is 2.84. The normalized spacial score (nSPS) is 34.8. The second-order valence-corrected chi connectivity index (χ2v) is 8.53. The number of rotatable bonds is 3. The van der Waals surface area contributed by atoms with Crippen molar-refractivity contribution < 1.29 is 9.53 Å². The average molecular weight is 316 g/mol. The second kappa shape index (κ2) is 6.20. The molecule has 128 valence electrons. The molecule has 0 aromatic carbocycles. The largest absolute Gasteiger partial charge is 0.380 e. The molecule has 0 aromatic rings. The van der Waals surface area contributed by atoms with E-state index in [9.17, 15) is 4.79 Å². The van der Waals surface area contributed by atoms with Gasteiger partial charge < -0.3 is 4.74 Å². The van der Waals surface area contributed by atoms with Gasteiger partial charge >= 0.3 is 0 Å². The maximum Gasteiger partial charge on any atom is 0.140 e. The van der Waals surface area contributed by atoms with Gasteiger partial charge in [0.25, 0.3) is 0 Å². The molecular formula is C21H32O2. The van der Waals surface area contributed by atoms with Gasteiger partial charge in [0.1, 0.15) is 5.78 Å². The van der Waals surface area contributed by atoms with Crippen LogP contribution in [-0.4, -0.2) is 19.5 Å². The number of fused-ring (bicyclic) bond motifs is 2. The summed E-state index contributed by atoms with van der Waals surface area (Å²) in [6.07, 6.45) is 6.52. The molecule has 3 rings (SSSR count). The number of ketones is 1. The molecule has 2 nitrogen and oxygen atoms in total. The van der Waals surface area contributed by atoms with E-state index in [0.717, 1.165) is 25.9 Å². The first-order valence-electron chi connectivity index (χ1n) is 9.32. The Hall–Kier alpha value is -0.890. The molecule has 3 aliphatic rings. The predicted octanol–water partition coefficient (Wildman–Crippen LogP) is 5.09. The van der Waals surface area contributed by atoms with Crippen molar-refractivity contribution in [3.63, 3.8) is 0 Å². The van der Waals surface area contributed by atoms with Gasteiger partial charge in [0.15, 0.2) is 0 Å². The summed E-state index contributed by atoms with van der Waals surface area (Å²) < 4.78 is 5.46. The SMILES string of the molecule is COCC1=C2CC3(C)CCC(C(C)C)=C3CC(=O)C(C)C2CC1. The van der Waals surface area contributed by atoms with Crippen molar-refractivity contribution in [2.75, 3.05) is 13.7 Å². The predicted molar refractivity (Wildman–Crippen MR) is 94.2 cm³/mol. The summed E-state index contributed by atoms with van der Waals surface area (Å²) in [7, 11) is 1.79. The van der Waals surface area contributed by atoms with Crippen molar-refractivity contribution in [1.29, 1.82) is 0 Å². The van der Waals surface area contributed by atoms with Crippen LogP contribution in [0.3, 0.4) is 0 Å². The molecule has 3 atom stereocenters. The number of hydrogen-bond acceptors (Lipinski definition) is 2. The van der Waals surface area contributed by atoms with E-state index in [1.54, 1.807) is 18.3 Å². The molecule has 0 heterocycles. The summed E-state index contributed by atoms with van der Waals surface area (Å²) in [6, 6.07) is 0. The monoisotopic (exact) mass is 316 g/mol. The number of carbonyl (C=O) groups excluding carboxylic acids is 1. The molecule has 2 heteroatoms. The Labute approximate surface area is 141 Å². The van der Waals surface area contributed by atoms with Crippen molar-refractivity contribution in [3.05, 3.63) is 22.3 Å². The molecule has 0 aromatic heterocycles. The fourth-order valence-electron chi connectivity index (χ4n) is 5.31. The first kappa shape index (κ1) is 17.0. The van der Waals surface area contributed by atoms with Crippen molar-refractivity contribution >= 4 is 5.78 Å². The molecule has 23 heavy (non-hydrogen) atoms. The Morgan fingerprint density at radius 1 is 1.30 bits per heavy atom. The van der Waals surface area contributed by atoms with Crippen LogP contribution < -0.4 is 0 Å². The molecule has 0 N–H and O–H groups in total. The third-order valence-corrected chi connectivity index (χ3v) is 6.78. The van der Waals surface area contributed by atoms with E-state index in [2.05, 4.69) is 27.7 Å². The van der Waals surface area contributed by atoms with E-state index in [1.807, 2.05) is 0 Å². The number of Topliss-reactive ketones (excluding diaryl/α,β-unsaturated/α-hetero) is 1. The van der Waals surface area contributed by atoms with Crippen LogP contribution in [0.5, 0.6) is 0 Å². The van der Waals surface area contributed by atoms with E-state index in [-0.39, 0.29) is 11.3 Å². The van der Waals surface area contributed by atoms with Crippen LogP contribution in [-0.2, 0) is 9.53 Å². The molecule has 0 bridgehead atoms. The topological polar surface area (TPSA) is 26.3 Å². The Balaban J connectivity index is 2.05. The summed E-state index contributed by atoms with van der Waals surface area (Å²) in [4.78, 5) is 12.9. The van der Waals surface area contributed by atoms with E-state index in [1.165, 1.54) is 24.0 Å². The van der Waals surface area contributed by atoms with Gasteiger partial charge in [0.2, 0.25) is 0 Å². The molecule has 0 spiro atoms. The maximum absolute atomic E-state index is 12.9. The first-order valence-corrected chi connectivity index (χ1v) is 9.32. The van der Waals surface area contributed by atoms with Gasteiger partial charge in [-0.15, -0.1) is 0 Å². The van der Waals surface area contributed by atoms with Crippen molar-refractivity contribution in [1.82, 2.24) is 0 Å². The first-order chi connectivity index (χ1) is 10.9. The number of methoxy groups -OCH3 is 1. The summed E-state index contributed by atoms with van der Waals surface area (Å²) >= 11 is 0. The molecule has 3 aliphatic carbocycles. The number of hydrogen-bond donors (Lipinski definition) is 0. The van der Waals surface area contributed by atoms with Crippen LogP contribution in [0.1, 0.15) is 66.2 Å². The van der Waals surface area contributed by atoms with Crippen molar-refractivity contribution in [3.8, 4) is 0 Å². The van der Waals surface area contributed by atoms with Crippen LogP contribution >= 0.6 is 0 Å². The Morgan fingerprint density at radius 2 is 2.04 bits per heavy atom. The van der Waals surface area contributed by atoms with Crippen molar-refractivity contribution in [2.45, 2.75) is 66.2 Å². The zero-order valence-corrected chi connectivity index (χ0v) is 15.5. The van der Waals surface area contributed by atoms with Crippen LogP contribution in [0, 0.1) is 23.2 Å². The quantitative estimate of drug-likeness (QED) is 0.678. The van der Waals surface area contributed by atoms with Gasteiger partial charge in [0, 0.05) is 19.4 Å². The number of allylic oxidation sites excluding steroid dienone is 3. The number of carbonyl (C=O) groups is 1. The van der Waals surface area contributed by atoms with Crippen LogP contribution in [0.15, 0.2) is 22.3 Å². The lowest BCUT2D eigenvalue weighted by Gasteiger charge is -2.36. The fraction of sp³-hybridized carbons (Fsp3) is 0.762. The minimum absolute atomic E-state index is 0.172. The Morgan fingerprint density at radius 3 is 2.70 bits per heavy atom. The van der Waals surface area contributed by atoms with Gasteiger partial charge in [0.05, 0.1) is 6.61 Å². The lowest BCUT2D eigenvalue weighted by molar-refractivity contribution is -0.123. The molecule has 0 aliphatic heterocycles. The molecular weight excluding hydrogens is 284 g/mol. The molecule has 0 radical (unpaired) electrons.